The lowest BCUT2D eigenvalue weighted by Crippen LogP contribution is -2.30. The SMILES string of the molecule is COc1ccc(CCNC(=O)c2ccc(N3C(=O)[C@H](C)CS3(=O)=O)cc2Cl)cc1. The minimum atomic E-state index is -3.72. The van der Waals surface area contributed by atoms with Gasteiger partial charge in [-0.2, -0.15) is 0 Å². The maximum absolute atomic E-state index is 12.4. The van der Waals surface area contributed by atoms with Crippen molar-refractivity contribution < 1.29 is 22.7 Å². The Morgan fingerprint density at radius 2 is 1.93 bits per heavy atom. The molecule has 1 N–H and O–H groups in total. The molecule has 9 heteroatoms. The van der Waals surface area contributed by atoms with E-state index in [2.05, 4.69) is 5.32 Å². The zero-order chi connectivity index (χ0) is 21.2. The molecule has 3 rings (SSSR count). The van der Waals surface area contributed by atoms with Crippen molar-refractivity contribution in [1.82, 2.24) is 5.32 Å². The summed E-state index contributed by atoms with van der Waals surface area (Å²) in [4.78, 5) is 24.6. The van der Waals surface area contributed by atoms with Crippen LogP contribution in [0.4, 0.5) is 5.69 Å². The van der Waals surface area contributed by atoms with Crippen LogP contribution in [0.3, 0.4) is 0 Å². The first-order chi connectivity index (χ1) is 13.7. The molecule has 1 aliphatic rings. The Balaban J connectivity index is 1.66. The van der Waals surface area contributed by atoms with E-state index in [4.69, 9.17) is 16.3 Å². The smallest absolute Gasteiger partial charge is 0.252 e. The number of benzene rings is 2. The van der Waals surface area contributed by atoms with Crippen LogP contribution >= 0.6 is 11.6 Å². The van der Waals surface area contributed by atoms with Gasteiger partial charge in [0.15, 0.2) is 0 Å². The van der Waals surface area contributed by atoms with Gasteiger partial charge in [0.05, 0.1) is 35.1 Å². The molecule has 1 fully saturated rings. The molecule has 7 nitrogen and oxygen atoms in total. The van der Waals surface area contributed by atoms with Gasteiger partial charge in [-0.05, 0) is 42.3 Å². The highest BCUT2D eigenvalue weighted by atomic mass is 35.5. The van der Waals surface area contributed by atoms with Gasteiger partial charge in [-0.3, -0.25) is 9.59 Å². The molecule has 0 saturated carbocycles. The first-order valence-corrected chi connectivity index (χ1v) is 11.0. The highest BCUT2D eigenvalue weighted by Crippen LogP contribution is 2.31. The quantitative estimate of drug-likeness (QED) is 0.751. The van der Waals surface area contributed by atoms with Crippen LogP contribution < -0.4 is 14.4 Å². The van der Waals surface area contributed by atoms with Crippen molar-refractivity contribution in [2.75, 3.05) is 23.7 Å². The van der Waals surface area contributed by atoms with Crippen molar-refractivity contribution in [2.24, 2.45) is 5.92 Å². The normalized spacial score (nSPS) is 18.0. The topological polar surface area (TPSA) is 92.8 Å². The number of hydrogen-bond donors (Lipinski definition) is 1. The van der Waals surface area contributed by atoms with Crippen molar-refractivity contribution in [3.05, 3.63) is 58.6 Å². The molecule has 1 saturated heterocycles. The molecule has 0 bridgehead atoms. The number of nitrogens with one attached hydrogen (secondary N) is 1. The van der Waals surface area contributed by atoms with E-state index in [-0.39, 0.29) is 27.9 Å². The third-order valence-corrected chi connectivity index (χ3v) is 6.83. The number of methoxy groups -OCH3 is 1. The molecule has 2 aromatic carbocycles. The Kier molecular flexibility index (Phi) is 6.14. The van der Waals surface area contributed by atoms with E-state index in [0.29, 0.717) is 13.0 Å². The van der Waals surface area contributed by atoms with Crippen LogP contribution in [0.5, 0.6) is 5.75 Å². The molecule has 0 unspecified atom stereocenters. The number of rotatable bonds is 6. The van der Waals surface area contributed by atoms with Crippen molar-refractivity contribution in [1.29, 1.82) is 0 Å². The Bertz CT molecular complexity index is 1040. The minimum Gasteiger partial charge on any atom is -0.497 e. The van der Waals surface area contributed by atoms with E-state index < -0.39 is 21.8 Å². The first kappa shape index (κ1) is 21.1. The second kappa shape index (κ2) is 8.42. The monoisotopic (exact) mass is 436 g/mol. The van der Waals surface area contributed by atoms with E-state index in [1.807, 2.05) is 24.3 Å². The van der Waals surface area contributed by atoms with Crippen LogP contribution in [-0.2, 0) is 21.2 Å². The second-order valence-corrected chi connectivity index (χ2v) is 9.07. The molecule has 0 radical (unpaired) electrons. The van der Waals surface area contributed by atoms with Crippen molar-refractivity contribution in [3.63, 3.8) is 0 Å². The number of carbonyl (C=O) groups excluding carboxylic acids is 2. The number of ether oxygens (including phenoxy) is 1. The lowest BCUT2D eigenvalue weighted by atomic mass is 10.1. The van der Waals surface area contributed by atoms with Gasteiger partial charge in [0.1, 0.15) is 5.75 Å². The summed E-state index contributed by atoms with van der Waals surface area (Å²) in [6, 6.07) is 11.7. The van der Waals surface area contributed by atoms with Crippen LogP contribution in [0.15, 0.2) is 42.5 Å². The maximum atomic E-state index is 12.4. The van der Waals surface area contributed by atoms with Gasteiger partial charge in [-0.25, -0.2) is 12.7 Å². The van der Waals surface area contributed by atoms with Gasteiger partial charge in [0.25, 0.3) is 5.91 Å². The summed E-state index contributed by atoms with van der Waals surface area (Å²) in [5, 5.41) is 2.86. The van der Waals surface area contributed by atoms with Gasteiger partial charge in [-0.15, -0.1) is 0 Å². The predicted molar refractivity (Wildman–Crippen MR) is 111 cm³/mol. The van der Waals surface area contributed by atoms with E-state index >= 15 is 0 Å². The molecule has 0 aromatic heterocycles. The lowest BCUT2D eigenvalue weighted by Gasteiger charge is -2.16. The van der Waals surface area contributed by atoms with E-state index in [1.165, 1.54) is 18.2 Å². The van der Waals surface area contributed by atoms with Gasteiger partial charge >= 0.3 is 0 Å². The summed E-state index contributed by atoms with van der Waals surface area (Å²) in [5.74, 6) is -0.967. The minimum absolute atomic E-state index is 0.0759. The molecule has 1 heterocycles. The van der Waals surface area contributed by atoms with Gasteiger partial charge < -0.3 is 10.1 Å². The van der Waals surface area contributed by atoms with Crippen LogP contribution in [0.25, 0.3) is 0 Å². The average Bonchev–Trinajstić information content (AvgIpc) is 2.88. The highest BCUT2D eigenvalue weighted by molar-refractivity contribution is 7.94. The fourth-order valence-electron chi connectivity index (χ4n) is 3.11. The Morgan fingerprint density at radius 1 is 1.24 bits per heavy atom. The van der Waals surface area contributed by atoms with Gasteiger partial charge in [0, 0.05) is 6.54 Å². The molecule has 154 valence electrons. The summed E-state index contributed by atoms with van der Waals surface area (Å²) < 4.78 is 30.3. The number of anilines is 1. The molecule has 29 heavy (non-hydrogen) atoms. The maximum Gasteiger partial charge on any atom is 0.252 e. The van der Waals surface area contributed by atoms with Crippen LogP contribution in [0.2, 0.25) is 5.02 Å². The summed E-state index contributed by atoms with van der Waals surface area (Å²) in [6.07, 6.45) is 0.629. The largest absolute Gasteiger partial charge is 0.497 e. The number of sulfonamides is 1. The zero-order valence-electron chi connectivity index (χ0n) is 16.0. The molecule has 0 spiro atoms. The number of hydrogen-bond acceptors (Lipinski definition) is 5. The fourth-order valence-corrected chi connectivity index (χ4v) is 5.18. The molecule has 1 aliphatic heterocycles. The second-order valence-electron chi connectivity index (χ2n) is 6.80. The molecule has 2 amide bonds. The van der Waals surface area contributed by atoms with E-state index in [9.17, 15) is 18.0 Å². The van der Waals surface area contributed by atoms with Crippen LogP contribution in [0.1, 0.15) is 22.8 Å². The predicted octanol–water partition coefficient (Wildman–Crippen LogP) is 2.63. The number of halogens is 1. The summed E-state index contributed by atoms with van der Waals surface area (Å²) >= 11 is 6.20. The number of amides is 2. The van der Waals surface area contributed by atoms with Gasteiger partial charge in [0.2, 0.25) is 15.9 Å². The average molecular weight is 437 g/mol. The number of nitrogens with zero attached hydrogens (tertiary/aromatic N) is 1. The van der Waals surface area contributed by atoms with Crippen molar-refractivity contribution in [2.45, 2.75) is 13.3 Å². The Labute approximate surface area is 174 Å². The number of carbonyl (C=O) groups is 2. The zero-order valence-corrected chi connectivity index (χ0v) is 17.6. The van der Waals surface area contributed by atoms with Crippen LogP contribution in [-0.4, -0.2) is 39.6 Å². The molecule has 0 aliphatic carbocycles. The fraction of sp³-hybridized carbons (Fsp3) is 0.300. The van der Waals surface area contributed by atoms with E-state index in [1.54, 1.807) is 14.0 Å². The molecular formula is C20H21ClN2O5S. The third kappa shape index (κ3) is 4.54. The van der Waals surface area contributed by atoms with Crippen molar-refractivity contribution in [3.8, 4) is 5.75 Å². The summed E-state index contributed by atoms with van der Waals surface area (Å²) in [7, 11) is -2.13. The molecule has 2 aromatic rings. The van der Waals surface area contributed by atoms with Crippen LogP contribution in [0, 0.1) is 5.92 Å². The third-order valence-electron chi connectivity index (χ3n) is 4.65. The lowest BCUT2D eigenvalue weighted by molar-refractivity contribution is -0.119. The van der Waals surface area contributed by atoms with E-state index in [0.717, 1.165) is 15.6 Å². The standard InChI is InChI=1S/C20H21ClN2O5S/c1-13-12-29(26,27)23(20(13)25)15-5-8-17(18(21)11-15)19(24)22-10-9-14-3-6-16(28-2)7-4-14/h3-8,11,13H,9-10,12H2,1-2H3,(H,22,24)/t13-/m1/s1. The molecular weight excluding hydrogens is 416 g/mol. The summed E-state index contributed by atoms with van der Waals surface area (Å²) in [6.45, 7) is 1.96. The first-order valence-electron chi connectivity index (χ1n) is 9.00. The molecule has 1 atom stereocenters. The summed E-state index contributed by atoms with van der Waals surface area (Å²) in [5.41, 5.74) is 1.39. The van der Waals surface area contributed by atoms with Crippen molar-refractivity contribution >= 4 is 39.1 Å². The Hall–Kier alpha value is -2.58. The highest BCUT2D eigenvalue weighted by Gasteiger charge is 2.42. The van der Waals surface area contributed by atoms with Gasteiger partial charge in [-0.1, -0.05) is 30.7 Å². The Morgan fingerprint density at radius 3 is 2.48 bits per heavy atom.